The fourth-order valence-electron chi connectivity index (χ4n) is 2.73. The normalized spacial score (nSPS) is 12.9. The molecule has 3 rings (SSSR count). The third kappa shape index (κ3) is 3.83. The Morgan fingerprint density at radius 3 is 2.83 bits per heavy atom. The molecule has 2 aromatic carbocycles. The Balaban J connectivity index is 1.53. The molecule has 0 fully saturated rings. The van der Waals surface area contributed by atoms with Gasteiger partial charge in [-0.3, -0.25) is 4.79 Å². The van der Waals surface area contributed by atoms with Crippen molar-refractivity contribution in [3.63, 3.8) is 0 Å². The second-order valence-electron chi connectivity index (χ2n) is 5.63. The van der Waals surface area contributed by atoms with Crippen molar-refractivity contribution in [1.29, 1.82) is 0 Å². The zero-order chi connectivity index (χ0) is 16.1. The van der Waals surface area contributed by atoms with Gasteiger partial charge in [0.15, 0.2) is 0 Å². The van der Waals surface area contributed by atoms with Gasteiger partial charge in [-0.05, 0) is 60.7 Å². The molecule has 0 bridgehead atoms. The summed E-state index contributed by atoms with van der Waals surface area (Å²) in [4.78, 5) is 12.1. The van der Waals surface area contributed by atoms with E-state index in [1.165, 1.54) is 11.1 Å². The van der Waals surface area contributed by atoms with Crippen LogP contribution in [0.1, 0.15) is 27.9 Å². The summed E-state index contributed by atoms with van der Waals surface area (Å²) in [6.07, 6.45) is 2.96. The first-order valence-electron chi connectivity index (χ1n) is 7.93. The van der Waals surface area contributed by atoms with Crippen molar-refractivity contribution in [2.45, 2.75) is 19.3 Å². The number of carbonyl (C=O) groups excluding carboxylic acids is 1. The van der Waals surface area contributed by atoms with E-state index >= 15 is 0 Å². The van der Waals surface area contributed by atoms with E-state index in [9.17, 15) is 4.79 Å². The molecule has 120 valence electrons. The number of ether oxygens (including phenoxy) is 2. The van der Waals surface area contributed by atoms with Crippen molar-refractivity contribution in [3.8, 4) is 11.5 Å². The van der Waals surface area contributed by atoms with Gasteiger partial charge in [-0.15, -0.1) is 0 Å². The fraction of sp³-hybridized carbons (Fsp3) is 0.316. The van der Waals surface area contributed by atoms with Crippen LogP contribution < -0.4 is 14.8 Å². The maximum atomic E-state index is 12.1. The predicted octanol–water partition coefficient (Wildman–Crippen LogP) is 2.99. The Morgan fingerprint density at radius 2 is 2.04 bits per heavy atom. The Labute approximate surface area is 136 Å². The molecule has 23 heavy (non-hydrogen) atoms. The summed E-state index contributed by atoms with van der Waals surface area (Å²) in [6, 6.07) is 13.4. The number of nitrogens with one attached hydrogen (secondary N) is 1. The molecule has 0 saturated heterocycles. The van der Waals surface area contributed by atoms with E-state index < -0.39 is 0 Å². The first-order chi connectivity index (χ1) is 11.3. The summed E-state index contributed by atoms with van der Waals surface area (Å²) in [5.74, 6) is 1.69. The van der Waals surface area contributed by atoms with Gasteiger partial charge in [-0.2, -0.15) is 0 Å². The molecule has 0 spiro atoms. The zero-order valence-electron chi connectivity index (χ0n) is 13.3. The van der Waals surface area contributed by atoms with Gasteiger partial charge in [0.25, 0.3) is 5.91 Å². The molecule has 0 radical (unpaired) electrons. The van der Waals surface area contributed by atoms with E-state index in [4.69, 9.17) is 9.47 Å². The van der Waals surface area contributed by atoms with Crippen LogP contribution in [0.15, 0.2) is 42.5 Å². The molecule has 0 atom stereocenters. The van der Waals surface area contributed by atoms with Gasteiger partial charge in [0, 0.05) is 12.1 Å². The van der Waals surface area contributed by atoms with Crippen molar-refractivity contribution >= 4 is 5.91 Å². The lowest BCUT2D eigenvalue weighted by atomic mass is 10.0. The number of carbonyl (C=O) groups is 1. The van der Waals surface area contributed by atoms with Gasteiger partial charge < -0.3 is 14.8 Å². The fourth-order valence-corrected chi connectivity index (χ4v) is 2.73. The number of fused-ring (bicyclic) bond motifs is 1. The second-order valence-corrected chi connectivity index (χ2v) is 5.63. The third-order valence-corrected chi connectivity index (χ3v) is 4.02. The van der Waals surface area contributed by atoms with E-state index in [2.05, 4.69) is 17.4 Å². The molecule has 4 heteroatoms. The van der Waals surface area contributed by atoms with Crippen LogP contribution in [0.2, 0.25) is 0 Å². The zero-order valence-corrected chi connectivity index (χ0v) is 13.3. The minimum Gasteiger partial charge on any atom is -0.497 e. The molecule has 1 N–H and O–H groups in total. The molecule has 2 aromatic rings. The Bertz CT molecular complexity index is 680. The molecule has 1 aliphatic rings. The second kappa shape index (κ2) is 7.18. The van der Waals surface area contributed by atoms with Crippen LogP contribution in [-0.2, 0) is 12.8 Å². The maximum Gasteiger partial charge on any atom is 0.251 e. The lowest BCUT2D eigenvalue weighted by molar-refractivity contribution is 0.0954. The topological polar surface area (TPSA) is 47.6 Å². The predicted molar refractivity (Wildman–Crippen MR) is 89.3 cm³/mol. The van der Waals surface area contributed by atoms with E-state index in [0.29, 0.717) is 12.1 Å². The molecule has 1 aliphatic heterocycles. The number of amides is 1. The molecule has 0 aliphatic carbocycles. The quantitative estimate of drug-likeness (QED) is 0.923. The largest absolute Gasteiger partial charge is 0.497 e. The standard InChI is InChI=1S/C19H21NO3/c1-22-17-7-5-15(6-8-17)19(21)20-11-10-14-4-9-18-16(13-14)3-2-12-23-18/h4-9,13H,2-3,10-12H2,1H3,(H,20,21). The van der Waals surface area contributed by atoms with Crippen LogP contribution >= 0.6 is 0 Å². The summed E-state index contributed by atoms with van der Waals surface area (Å²) in [5.41, 5.74) is 3.14. The summed E-state index contributed by atoms with van der Waals surface area (Å²) >= 11 is 0. The van der Waals surface area contributed by atoms with E-state index in [1.54, 1.807) is 31.4 Å². The van der Waals surface area contributed by atoms with Crippen molar-refractivity contribution in [3.05, 3.63) is 59.2 Å². The Hall–Kier alpha value is -2.49. The Kier molecular flexibility index (Phi) is 4.81. The van der Waals surface area contributed by atoms with Gasteiger partial charge in [0.2, 0.25) is 0 Å². The average Bonchev–Trinajstić information content (AvgIpc) is 2.61. The average molecular weight is 311 g/mol. The minimum absolute atomic E-state index is 0.0612. The van der Waals surface area contributed by atoms with E-state index in [-0.39, 0.29) is 5.91 Å². The highest BCUT2D eigenvalue weighted by Gasteiger charge is 2.11. The number of hydrogen-bond acceptors (Lipinski definition) is 3. The third-order valence-electron chi connectivity index (χ3n) is 4.02. The van der Waals surface area contributed by atoms with Crippen LogP contribution in [0.25, 0.3) is 0 Å². The Morgan fingerprint density at radius 1 is 1.22 bits per heavy atom. The number of methoxy groups -OCH3 is 1. The maximum absolute atomic E-state index is 12.1. The number of benzene rings is 2. The summed E-state index contributed by atoms with van der Waals surface area (Å²) in [5, 5.41) is 2.95. The van der Waals surface area contributed by atoms with Crippen molar-refractivity contribution in [2.75, 3.05) is 20.3 Å². The monoisotopic (exact) mass is 311 g/mol. The summed E-state index contributed by atoms with van der Waals surface area (Å²) in [6.45, 7) is 1.43. The molecule has 0 unspecified atom stereocenters. The van der Waals surface area contributed by atoms with Crippen LogP contribution in [0.3, 0.4) is 0 Å². The molecule has 0 saturated carbocycles. The minimum atomic E-state index is -0.0612. The van der Waals surface area contributed by atoms with Crippen molar-refractivity contribution in [2.24, 2.45) is 0 Å². The van der Waals surface area contributed by atoms with Crippen molar-refractivity contribution in [1.82, 2.24) is 5.32 Å². The lowest BCUT2D eigenvalue weighted by Crippen LogP contribution is -2.25. The lowest BCUT2D eigenvalue weighted by Gasteiger charge is -2.18. The highest BCUT2D eigenvalue weighted by molar-refractivity contribution is 5.94. The number of hydrogen-bond donors (Lipinski definition) is 1. The highest BCUT2D eigenvalue weighted by atomic mass is 16.5. The van der Waals surface area contributed by atoms with E-state index in [0.717, 1.165) is 37.4 Å². The van der Waals surface area contributed by atoms with Crippen LogP contribution in [-0.4, -0.2) is 26.2 Å². The van der Waals surface area contributed by atoms with Gasteiger partial charge in [0.05, 0.1) is 13.7 Å². The molecule has 4 nitrogen and oxygen atoms in total. The van der Waals surface area contributed by atoms with E-state index in [1.807, 2.05) is 6.07 Å². The number of aryl methyl sites for hydroxylation is 1. The first-order valence-corrected chi connectivity index (χ1v) is 7.93. The summed E-state index contributed by atoms with van der Waals surface area (Å²) < 4.78 is 10.7. The van der Waals surface area contributed by atoms with Crippen LogP contribution in [0.5, 0.6) is 11.5 Å². The first kappa shape index (κ1) is 15.4. The molecule has 1 amide bonds. The van der Waals surface area contributed by atoms with Gasteiger partial charge in [0.1, 0.15) is 11.5 Å². The van der Waals surface area contributed by atoms with Crippen LogP contribution in [0, 0.1) is 0 Å². The SMILES string of the molecule is COc1ccc(C(=O)NCCc2ccc3c(c2)CCCO3)cc1. The smallest absolute Gasteiger partial charge is 0.251 e. The molecular formula is C19H21NO3. The van der Waals surface area contributed by atoms with Crippen molar-refractivity contribution < 1.29 is 14.3 Å². The number of rotatable bonds is 5. The van der Waals surface area contributed by atoms with Gasteiger partial charge >= 0.3 is 0 Å². The van der Waals surface area contributed by atoms with Crippen LogP contribution in [0.4, 0.5) is 0 Å². The molecular weight excluding hydrogens is 290 g/mol. The summed E-state index contributed by atoms with van der Waals surface area (Å²) in [7, 11) is 1.61. The molecule has 0 aromatic heterocycles. The van der Waals surface area contributed by atoms with Gasteiger partial charge in [-0.1, -0.05) is 12.1 Å². The molecule has 1 heterocycles. The van der Waals surface area contributed by atoms with Gasteiger partial charge in [-0.25, -0.2) is 0 Å². The highest BCUT2D eigenvalue weighted by Crippen LogP contribution is 2.25.